The Hall–Kier alpha value is -2.70. The maximum absolute atomic E-state index is 12.8. The first-order valence-corrected chi connectivity index (χ1v) is 8.13. The molecule has 1 saturated heterocycles. The smallest absolute Gasteiger partial charge is 0.264 e. The number of amides is 4. The van der Waals surface area contributed by atoms with E-state index >= 15 is 0 Å². The molecule has 7 heteroatoms. The lowest BCUT2D eigenvalue weighted by Crippen LogP contribution is -2.54. The lowest BCUT2D eigenvalue weighted by atomic mass is 10.0. The van der Waals surface area contributed by atoms with Crippen molar-refractivity contribution in [3.63, 3.8) is 0 Å². The van der Waals surface area contributed by atoms with Gasteiger partial charge in [-0.05, 0) is 25.0 Å². The third-order valence-electron chi connectivity index (χ3n) is 4.31. The van der Waals surface area contributed by atoms with E-state index in [2.05, 4.69) is 17.6 Å². The summed E-state index contributed by atoms with van der Waals surface area (Å²) < 4.78 is 0. The zero-order chi connectivity index (χ0) is 17.3. The van der Waals surface area contributed by atoms with Crippen LogP contribution in [0.5, 0.6) is 0 Å². The van der Waals surface area contributed by atoms with Gasteiger partial charge in [-0.3, -0.25) is 29.4 Å². The van der Waals surface area contributed by atoms with E-state index in [1.165, 1.54) is 0 Å². The molecule has 24 heavy (non-hydrogen) atoms. The Morgan fingerprint density at radius 2 is 2.00 bits per heavy atom. The second-order valence-electron chi connectivity index (χ2n) is 5.96. The number of unbranched alkanes of at least 4 members (excludes halogenated alkanes) is 1. The summed E-state index contributed by atoms with van der Waals surface area (Å²) in [5, 5.41) is 5.38. The molecule has 1 aromatic carbocycles. The van der Waals surface area contributed by atoms with E-state index < -0.39 is 23.8 Å². The highest BCUT2D eigenvalue weighted by atomic mass is 16.2. The lowest BCUT2D eigenvalue weighted by Gasteiger charge is -2.27. The fourth-order valence-corrected chi connectivity index (χ4v) is 3.06. The fourth-order valence-electron chi connectivity index (χ4n) is 3.06. The van der Waals surface area contributed by atoms with Crippen LogP contribution in [0.15, 0.2) is 18.2 Å². The summed E-state index contributed by atoms with van der Waals surface area (Å²) in [7, 11) is 0. The normalized spacial score (nSPS) is 20.2. The van der Waals surface area contributed by atoms with Gasteiger partial charge >= 0.3 is 0 Å². The predicted octanol–water partition coefficient (Wildman–Crippen LogP) is 1.30. The summed E-state index contributed by atoms with van der Waals surface area (Å²) in [6.45, 7) is 2.77. The zero-order valence-corrected chi connectivity index (χ0v) is 13.4. The molecule has 2 heterocycles. The largest absolute Gasteiger partial charge is 0.384 e. The van der Waals surface area contributed by atoms with Crippen LogP contribution in [0.3, 0.4) is 0 Å². The van der Waals surface area contributed by atoms with Crippen LogP contribution in [0.1, 0.15) is 53.3 Å². The second kappa shape index (κ2) is 6.43. The van der Waals surface area contributed by atoms with Crippen LogP contribution in [-0.2, 0) is 9.59 Å². The van der Waals surface area contributed by atoms with Crippen LogP contribution in [0.4, 0.5) is 5.69 Å². The third-order valence-corrected chi connectivity index (χ3v) is 4.31. The van der Waals surface area contributed by atoms with Gasteiger partial charge in [-0.2, -0.15) is 0 Å². The fraction of sp³-hybridized carbons (Fsp3) is 0.412. The lowest BCUT2D eigenvalue weighted by molar-refractivity contribution is -0.136. The van der Waals surface area contributed by atoms with Crippen molar-refractivity contribution in [2.75, 3.05) is 11.9 Å². The van der Waals surface area contributed by atoms with Gasteiger partial charge in [0, 0.05) is 18.7 Å². The minimum atomic E-state index is -0.932. The number of benzene rings is 1. The second-order valence-corrected chi connectivity index (χ2v) is 5.96. The van der Waals surface area contributed by atoms with Crippen LogP contribution < -0.4 is 10.6 Å². The molecule has 0 spiro atoms. The number of hydrogen-bond acceptors (Lipinski definition) is 5. The number of hydrogen-bond donors (Lipinski definition) is 2. The van der Waals surface area contributed by atoms with E-state index in [-0.39, 0.29) is 18.7 Å². The minimum Gasteiger partial charge on any atom is -0.384 e. The summed E-state index contributed by atoms with van der Waals surface area (Å²) >= 11 is 0. The number of nitrogens with one attached hydrogen (secondary N) is 2. The van der Waals surface area contributed by atoms with Crippen molar-refractivity contribution in [2.24, 2.45) is 0 Å². The summed E-state index contributed by atoms with van der Waals surface area (Å²) in [6, 6.07) is 4.13. The molecule has 0 saturated carbocycles. The quantitative estimate of drug-likeness (QED) is 0.627. The molecule has 2 N–H and O–H groups in total. The number of imide groups is 2. The number of carbonyl (C=O) groups excluding carboxylic acids is 4. The minimum absolute atomic E-state index is 0.116. The molecule has 2 aliphatic rings. The number of piperidine rings is 1. The van der Waals surface area contributed by atoms with Crippen LogP contribution in [0, 0.1) is 0 Å². The van der Waals surface area contributed by atoms with E-state index in [1.54, 1.807) is 18.2 Å². The highest BCUT2D eigenvalue weighted by Crippen LogP contribution is 2.32. The molecular weight excluding hydrogens is 310 g/mol. The van der Waals surface area contributed by atoms with Crippen molar-refractivity contribution in [3.05, 3.63) is 29.3 Å². The SMILES string of the molecule is CCCCNc1cccc2c1C(=O)N(C1CCC(=O)NC1=O)C2=O. The van der Waals surface area contributed by atoms with Crippen LogP contribution in [0.25, 0.3) is 0 Å². The Bertz CT molecular complexity index is 729. The summed E-state index contributed by atoms with van der Waals surface area (Å²) in [5.41, 5.74) is 1.21. The molecule has 0 bridgehead atoms. The zero-order valence-electron chi connectivity index (χ0n) is 13.4. The summed E-state index contributed by atoms with van der Waals surface area (Å²) in [6.07, 6.45) is 2.24. The maximum atomic E-state index is 12.8. The van der Waals surface area contributed by atoms with Gasteiger partial charge in [-0.25, -0.2) is 0 Å². The standard InChI is InChI=1S/C17H19N3O4/c1-2-3-9-18-11-6-4-5-10-14(11)17(24)20(16(10)23)12-7-8-13(21)19-15(12)22/h4-6,12,18H,2-3,7-9H2,1H3,(H,19,21,22). The number of anilines is 1. The Kier molecular flexibility index (Phi) is 4.33. The van der Waals surface area contributed by atoms with Crippen LogP contribution in [-0.4, -0.2) is 41.1 Å². The molecule has 126 valence electrons. The van der Waals surface area contributed by atoms with Crippen LogP contribution >= 0.6 is 0 Å². The first-order valence-electron chi connectivity index (χ1n) is 8.13. The molecule has 3 rings (SSSR count). The monoisotopic (exact) mass is 329 g/mol. The molecule has 0 aromatic heterocycles. The van der Waals surface area contributed by atoms with Gasteiger partial charge in [0.2, 0.25) is 11.8 Å². The Morgan fingerprint density at radius 1 is 1.21 bits per heavy atom. The number of fused-ring (bicyclic) bond motifs is 1. The maximum Gasteiger partial charge on any atom is 0.264 e. The van der Waals surface area contributed by atoms with Crippen LogP contribution in [0.2, 0.25) is 0 Å². The average molecular weight is 329 g/mol. The molecule has 2 aliphatic heterocycles. The third kappa shape index (κ3) is 2.66. The Labute approximate surface area is 139 Å². The van der Waals surface area contributed by atoms with Crippen molar-refractivity contribution in [3.8, 4) is 0 Å². The number of nitrogens with zero attached hydrogens (tertiary/aromatic N) is 1. The first kappa shape index (κ1) is 16.2. The Morgan fingerprint density at radius 3 is 2.71 bits per heavy atom. The highest BCUT2D eigenvalue weighted by molar-refractivity contribution is 6.25. The van der Waals surface area contributed by atoms with Gasteiger partial charge in [0.25, 0.3) is 11.8 Å². The molecule has 1 fully saturated rings. The van der Waals surface area contributed by atoms with Gasteiger partial charge in [0.05, 0.1) is 11.1 Å². The molecule has 0 radical (unpaired) electrons. The van der Waals surface area contributed by atoms with E-state index in [4.69, 9.17) is 0 Å². The van der Waals surface area contributed by atoms with Crippen molar-refractivity contribution < 1.29 is 19.2 Å². The molecule has 0 aliphatic carbocycles. The predicted molar refractivity (Wildman–Crippen MR) is 86.5 cm³/mol. The van der Waals surface area contributed by atoms with Gasteiger partial charge < -0.3 is 5.32 Å². The van der Waals surface area contributed by atoms with Crippen molar-refractivity contribution in [2.45, 2.75) is 38.6 Å². The molecule has 1 atom stereocenters. The van der Waals surface area contributed by atoms with E-state index in [1.807, 2.05) is 0 Å². The molecule has 7 nitrogen and oxygen atoms in total. The Balaban J connectivity index is 1.89. The summed E-state index contributed by atoms with van der Waals surface area (Å²) in [4.78, 5) is 49.7. The molecule has 1 aromatic rings. The van der Waals surface area contributed by atoms with Gasteiger partial charge in [-0.1, -0.05) is 19.4 Å². The first-order chi connectivity index (χ1) is 11.5. The molecule has 4 amide bonds. The van der Waals surface area contributed by atoms with E-state index in [0.717, 1.165) is 17.7 Å². The topological polar surface area (TPSA) is 95.6 Å². The van der Waals surface area contributed by atoms with E-state index in [0.29, 0.717) is 23.4 Å². The van der Waals surface area contributed by atoms with Crippen molar-refractivity contribution >= 4 is 29.3 Å². The highest BCUT2D eigenvalue weighted by Gasteiger charge is 2.45. The average Bonchev–Trinajstić information content (AvgIpc) is 2.81. The number of rotatable bonds is 5. The summed E-state index contributed by atoms with van der Waals surface area (Å²) in [5.74, 6) is -1.94. The number of carbonyl (C=O) groups is 4. The molecular formula is C17H19N3O4. The van der Waals surface area contributed by atoms with Crippen molar-refractivity contribution in [1.82, 2.24) is 10.2 Å². The van der Waals surface area contributed by atoms with Crippen molar-refractivity contribution in [1.29, 1.82) is 0 Å². The van der Waals surface area contributed by atoms with Gasteiger partial charge in [-0.15, -0.1) is 0 Å². The van der Waals surface area contributed by atoms with Gasteiger partial charge in [0.15, 0.2) is 0 Å². The molecule has 1 unspecified atom stereocenters. The van der Waals surface area contributed by atoms with Gasteiger partial charge in [0.1, 0.15) is 6.04 Å². The van der Waals surface area contributed by atoms with E-state index in [9.17, 15) is 19.2 Å².